The fraction of sp³-hybridized carbons (Fsp3) is 0.714. The topological polar surface area (TPSA) is 51.5 Å². The second-order valence-corrected chi connectivity index (χ2v) is 7.71. The lowest BCUT2D eigenvalue weighted by molar-refractivity contribution is 0.0314. The van der Waals surface area contributed by atoms with E-state index < -0.39 is 10.0 Å². The second-order valence-electron chi connectivity index (χ2n) is 5.55. The van der Waals surface area contributed by atoms with Crippen molar-refractivity contribution in [1.82, 2.24) is 8.87 Å². The highest BCUT2D eigenvalue weighted by Gasteiger charge is 2.34. The molecule has 1 unspecified atom stereocenters. The van der Waals surface area contributed by atoms with Crippen LogP contribution in [0.5, 0.6) is 0 Å². The van der Waals surface area contributed by atoms with Gasteiger partial charge in [-0.3, -0.25) is 0 Å². The zero-order chi connectivity index (χ0) is 15.6. The van der Waals surface area contributed by atoms with Crippen LogP contribution in [0, 0.1) is 0 Å². The Labute approximate surface area is 131 Å². The Hall–Kier alpha value is -0.560. The summed E-state index contributed by atoms with van der Waals surface area (Å²) in [5.74, 6) is 0.300. The van der Waals surface area contributed by atoms with Crippen molar-refractivity contribution in [2.24, 2.45) is 0 Å². The van der Waals surface area contributed by atoms with Gasteiger partial charge in [0, 0.05) is 30.5 Å². The molecule has 0 N–H and O–H groups in total. The van der Waals surface area contributed by atoms with E-state index in [2.05, 4.69) is 0 Å². The van der Waals surface area contributed by atoms with Crippen molar-refractivity contribution >= 4 is 21.6 Å². The van der Waals surface area contributed by atoms with Crippen LogP contribution in [-0.2, 0) is 20.6 Å². The number of alkyl halides is 1. The normalized spacial score (nSPS) is 21.1. The predicted molar refractivity (Wildman–Crippen MR) is 83.2 cm³/mol. The molecule has 5 nitrogen and oxygen atoms in total. The molecule has 1 aliphatic rings. The number of nitrogens with zero attached hydrogens (tertiary/aromatic N) is 2. The molecular weight excluding hydrogens is 312 g/mol. The molecule has 7 heteroatoms. The maximum Gasteiger partial charge on any atom is 0.245 e. The molecule has 1 fully saturated rings. The van der Waals surface area contributed by atoms with Crippen molar-refractivity contribution in [3.63, 3.8) is 0 Å². The molecule has 1 saturated heterocycles. The van der Waals surface area contributed by atoms with E-state index in [9.17, 15) is 8.42 Å². The van der Waals surface area contributed by atoms with Crippen molar-refractivity contribution in [3.05, 3.63) is 18.0 Å². The molecule has 0 spiro atoms. The summed E-state index contributed by atoms with van der Waals surface area (Å²) in [4.78, 5) is 0.326. The van der Waals surface area contributed by atoms with Crippen molar-refractivity contribution in [2.45, 2.75) is 50.1 Å². The van der Waals surface area contributed by atoms with Gasteiger partial charge < -0.3 is 9.30 Å². The lowest BCUT2D eigenvalue weighted by Crippen LogP contribution is -2.48. The zero-order valence-corrected chi connectivity index (χ0v) is 14.3. The Morgan fingerprint density at radius 1 is 1.48 bits per heavy atom. The lowest BCUT2D eigenvalue weighted by Gasteiger charge is -2.33. The number of hydrogen-bond acceptors (Lipinski definition) is 3. The van der Waals surface area contributed by atoms with Crippen LogP contribution >= 0.6 is 11.6 Å². The molecule has 120 valence electrons. The van der Waals surface area contributed by atoms with Crippen LogP contribution in [0.15, 0.2) is 17.2 Å². The van der Waals surface area contributed by atoms with Gasteiger partial charge in [0.2, 0.25) is 10.0 Å². The first-order valence-corrected chi connectivity index (χ1v) is 9.25. The van der Waals surface area contributed by atoms with Crippen molar-refractivity contribution < 1.29 is 13.2 Å². The Bertz CT molecular complexity index is 583. The molecule has 0 aliphatic carbocycles. The summed E-state index contributed by atoms with van der Waals surface area (Å²) in [5.41, 5.74) is 0.826. The van der Waals surface area contributed by atoms with E-state index in [0.29, 0.717) is 30.5 Å². The second kappa shape index (κ2) is 6.69. The van der Waals surface area contributed by atoms with E-state index in [0.717, 1.165) is 12.1 Å². The minimum atomic E-state index is -3.49. The maximum atomic E-state index is 12.9. The predicted octanol–water partition coefficient (Wildman–Crippen LogP) is 2.61. The molecule has 1 atom stereocenters. The highest BCUT2D eigenvalue weighted by molar-refractivity contribution is 7.89. The molecule has 21 heavy (non-hydrogen) atoms. The van der Waals surface area contributed by atoms with Gasteiger partial charge in [0.25, 0.3) is 0 Å². The minimum absolute atomic E-state index is 0.0920. The van der Waals surface area contributed by atoms with Crippen LogP contribution < -0.4 is 0 Å². The monoisotopic (exact) mass is 334 g/mol. The quantitative estimate of drug-likeness (QED) is 0.778. The lowest BCUT2D eigenvalue weighted by atomic mass is 10.2. The van der Waals surface area contributed by atoms with E-state index in [1.165, 1.54) is 0 Å². The Kier molecular flexibility index (Phi) is 5.35. The molecular formula is C14H23ClN2O3S. The maximum absolute atomic E-state index is 12.9. The van der Waals surface area contributed by atoms with Gasteiger partial charge in [-0.05, 0) is 26.3 Å². The van der Waals surface area contributed by atoms with E-state index in [1.54, 1.807) is 16.6 Å². The van der Waals surface area contributed by atoms with Gasteiger partial charge in [0.15, 0.2) is 0 Å². The number of halogens is 1. The third-order valence-electron chi connectivity index (χ3n) is 3.85. The number of hydrogen-bond donors (Lipinski definition) is 0. The fourth-order valence-corrected chi connectivity index (χ4v) is 4.57. The first-order chi connectivity index (χ1) is 9.91. The van der Waals surface area contributed by atoms with Crippen LogP contribution in [0.25, 0.3) is 0 Å². The van der Waals surface area contributed by atoms with Crippen LogP contribution in [0.4, 0.5) is 0 Å². The molecule has 1 aliphatic heterocycles. The highest BCUT2D eigenvalue weighted by Crippen LogP contribution is 2.26. The van der Waals surface area contributed by atoms with Crippen LogP contribution in [-0.4, -0.2) is 43.1 Å². The molecule has 1 aromatic rings. The molecule has 0 amide bonds. The van der Waals surface area contributed by atoms with Crippen molar-refractivity contribution in [3.8, 4) is 0 Å². The van der Waals surface area contributed by atoms with Gasteiger partial charge in [0.1, 0.15) is 4.90 Å². The van der Waals surface area contributed by atoms with Crippen molar-refractivity contribution in [2.75, 3.05) is 19.8 Å². The highest BCUT2D eigenvalue weighted by atomic mass is 35.5. The average molecular weight is 335 g/mol. The summed E-state index contributed by atoms with van der Waals surface area (Å²) in [6.45, 7) is 7.31. The summed E-state index contributed by atoms with van der Waals surface area (Å²) in [6.07, 6.45) is 2.44. The van der Waals surface area contributed by atoms with Gasteiger partial charge in [-0.2, -0.15) is 4.31 Å². The van der Waals surface area contributed by atoms with E-state index in [1.807, 2.05) is 25.3 Å². The third-order valence-corrected chi connectivity index (χ3v) is 6.04. The molecule has 0 bridgehead atoms. The largest absolute Gasteiger partial charge is 0.378 e. The summed E-state index contributed by atoms with van der Waals surface area (Å²) >= 11 is 5.93. The standard InChI is InChI=1S/C14H23ClN2O3S/c1-4-12-10-20-6-5-17(12)21(18,19)14-7-13(8-15)16(9-14)11(2)3/h7,9,11-12H,4-6,8,10H2,1-3H3. The van der Waals surface area contributed by atoms with Crippen molar-refractivity contribution in [1.29, 1.82) is 0 Å². The van der Waals surface area contributed by atoms with Gasteiger partial charge in [-0.1, -0.05) is 6.92 Å². The van der Waals surface area contributed by atoms with E-state index in [-0.39, 0.29) is 12.1 Å². The molecule has 0 radical (unpaired) electrons. The van der Waals surface area contributed by atoms with Gasteiger partial charge in [-0.15, -0.1) is 11.6 Å². The number of rotatable bonds is 5. The molecule has 1 aromatic heterocycles. The van der Waals surface area contributed by atoms with E-state index in [4.69, 9.17) is 16.3 Å². The summed E-state index contributed by atoms with van der Waals surface area (Å²) in [5, 5.41) is 0. The smallest absolute Gasteiger partial charge is 0.245 e. The molecule has 2 rings (SSSR count). The first-order valence-electron chi connectivity index (χ1n) is 7.28. The zero-order valence-electron chi connectivity index (χ0n) is 12.8. The summed E-state index contributed by atoms with van der Waals surface area (Å²) in [7, 11) is -3.49. The van der Waals surface area contributed by atoms with Crippen LogP contribution in [0.3, 0.4) is 0 Å². The van der Waals surface area contributed by atoms with Gasteiger partial charge in [0.05, 0.1) is 19.1 Å². The Morgan fingerprint density at radius 2 is 2.19 bits per heavy atom. The van der Waals surface area contributed by atoms with E-state index >= 15 is 0 Å². The number of sulfonamides is 1. The SMILES string of the molecule is CCC1COCCN1S(=O)(=O)c1cc(CCl)n(C(C)C)c1. The Balaban J connectivity index is 2.39. The first kappa shape index (κ1) is 16.8. The summed E-state index contributed by atoms with van der Waals surface area (Å²) < 4.78 is 34.6. The molecule has 2 heterocycles. The van der Waals surface area contributed by atoms with Crippen LogP contribution in [0.1, 0.15) is 38.9 Å². The summed E-state index contributed by atoms with van der Waals surface area (Å²) in [6, 6.07) is 1.77. The molecule has 0 aromatic carbocycles. The molecule has 0 saturated carbocycles. The number of morpholine rings is 1. The fourth-order valence-electron chi connectivity index (χ4n) is 2.64. The third kappa shape index (κ3) is 3.28. The number of ether oxygens (including phenoxy) is 1. The van der Waals surface area contributed by atoms with Gasteiger partial charge in [-0.25, -0.2) is 8.42 Å². The van der Waals surface area contributed by atoms with Crippen LogP contribution in [0.2, 0.25) is 0 Å². The minimum Gasteiger partial charge on any atom is -0.378 e. The Morgan fingerprint density at radius 3 is 2.71 bits per heavy atom. The van der Waals surface area contributed by atoms with Gasteiger partial charge >= 0.3 is 0 Å². The average Bonchev–Trinajstić information content (AvgIpc) is 2.92. The number of aromatic nitrogens is 1.